The van der Waals surface area contributed by atoms with E-state index >= 15 is 0 Å². The van der Waals surface area contributed by atoms with Gasteiger partial charge in [-0.3, -0.25) is 0 Å². The Morgan fingerprint density at radius 2 is 2.27 bits per heavy atom. The van der Waals surface area contributed by atoms with Crippen molar-refractivity contribution >= 4 is 0 Å². The second-order valence-corrected chi connectivity index (χ2v) is 1.83. The van der Waals surface area contributed by atoms with E-state index in [1.165, 1.54) is 13.4 Å². The molecular weight excluding hydrogens is 140 g/mol. The van der Waals surface area contributed by atoms with Gasteiger partial charge in [0.25, 0.3) is 0 Å². The van der Waals surface area contributed by atoms with E-state index in [4.69, 9.17) is 10.5 Å². The molecule has 0 radical (unpaired) electrons. The summed E-state index contributed by atoms with van der Waals surface area (Å²) in [4.78, 5) is 0. The third-order valence-electron chi connectivity index (χ3n) is 1.09. The number of nitrogens with one attached hydrogen (secondary N) is 1. The fourth-order valence-electron chi connectivity index (χ4n) is 0.468. The van der Waals surface area contributed by atoms with Gasteiger partial charge in [-0.2, -0.15) is 5.26 Å². The van der Waals surface area contributed by atoms with Crippen molar-refractivity contribution in [1.82, 2.24) is 0 Å². The van der Waals surface area contributed by atoms with E-state index in [2.05, 4.69) is 4.74 Å². The Labute approximate surface area is 65.8 Å². The van der Waals surface area contributed by atoms with E-state index < -0.39 is 0 Å². The quantitative estimate of drug-likeness (QED) is 0.334. The Hall–Kier alpha value is -1.74. The molecule has 0 aromatic rings. The van der Waals surface area contributed by atoms with Crippen LogP contribution in [-0.2, 0) is 4.74 Å². The standard InChI is InChI=1S/C8H8N2O/c1-7(3-4-11-2)8(5-9)6-10/h3-4H,1-2H3/p+1/b4-3+. The zero-order valence-electron chi connectivity index (χ0n) is 6.51. The van der Waals surface area contributed by atoms with Crippen molar-refractivity contribution in [1.29, 1.82) is 5.26 Å². The predicted molar refractivity (Wildman–Crippen MR) is 39.3 cm³/mol. The zero-order valence-corrected chi connectivity index (χ0v) is 6.51. The van der Waals surface area contributed by atoms with Crippen LogP contribution in [0.1, 0.15) is 6.92 Å². The van der Waals surface area contributed by atoms with Crippen molar-refractivity contribution in [3.8, 4) is 12.1 Å². The SMILES string of the molecule is CO/C=C/C(C)=C(/C#N)C#[NH+]. The number of hydrogen-bond acceptors (Lipinski definition) is 2. The molecule has 0 fully saturated rings. The third-order valence-corrected chi connectivity index (χ3v) is 1.09. The van der Waals surface area contributed by atoms with E-state index in [0.29, 0.717) is 5.57 Å². The second kappa shape index (κ2) is 5.08. The minimum Gasteiger partial charge on any atom is -0.504 e. The molecule has 0 unspecified atom stereocenters. The fraction of sp³-hybridized carbons (Fsp3) is 0.250. The molecule has 0 heterocycles. The van der Waals surface area contributed by atoms with Crippen molar-refractivity contribution < 1.29 is 10.00 Å². The van der Waals surface area contributed by atoms with E-state index in [9.17, 15) is 0 Å². The normalized spacial score (nSPS) is 11.6. The van der Waals surface area contributed by atoms with Crippen LogP contribution in [0, 0.1) is 17.4 Å². The van der Waals surface area contributed by atoms with Gasteiger partial charge in [-0.05, 0) is 18.6 Å². The highest BCUT2D eigenvalue weighted by atomic mass is 16.5. The van der Waals surface area contributed by atoms with Gasteiger partial charge in [0.1, 0.15) is 6.07 Å². The van der Waals surface area contributed by atoms with Crippen LogP contribution >= 0.6 is 0 Å². The molecule has 11 heavy (non-hydrogen) atoms. The van der Waals surface area contributed by atoms with Crippen LogP contribution < -0.4 is 5.26 Å². The maximum Gasteiger partial charge on any atom is 0.320 e. The van der Waals surface area contributed by atoms with E-state index in [0.717, 1.165) is 0 Å². The third kappa shape index (κ3) is 3.07. The van der Waals surface area contributed by atoms with Gasteiger partial charge in [-0.15, -0.1) is 0 Å². The maximum atomic E-state index is 8.43. The molecule has 0 atom stereocenters. The highest BCUT2D eigenvalue weighted by molar-refractivity contribution is 5.42. The van der Waals surface area contributed by atoms with Gasteiger partial charge in [-0.1, -0.05) is 5.26 Å². The summed E-state index contributed by atoms with van der Waals surface area (Å²) < 4.78 is 4.64. The topological polar surface area (TPSA) is 56.8 Å². The van der Waals surface area contributed by atoms with Crippen LogP contribution in [-0.4, -0.2) is 7.11 Å². The molecule has 0 bridgehead atoms. The summed E-state index contributed by atoms with van der Waals surface area (Å²) in [6.45, 7) is 1.72. The Morgan fingerprint density at radius 1 is 1.64 bits per heavy atom. The highest BCUT2D eigenvalue weighted by Gasteiger charge is 1.99. The summed E-state index contributed by atoms with van der Waals surface area (Å²) in [5, 5.41) is 15.2. The Morgan fingerprint density at radius 3 is 2.64 bits per heavy atom. The van der Waals surface area contributed by atoms with Crippen molar-refractivity contribution in [2.75, 3.05) is 7.11 Å². The molecule has 56 valence electrons. The average molecular weight is 149 g/mol. The Kier molecular flexibility index (Phi) is 4.27. The maximum absolute atomic E-state index is 8.43. The summed E-state index contributed by atoms with van der Waals surface area (Å²) in [6, 6.07) is 3.86. The molecule has 0 rings (SSSR count). The van der Waals surface area contributed by atoms with Gasteiger partial charge < -0.3 is 4.74 Å². The smallest absolute Gasteiger partial charge is 0.320 e. The van der Waals surface area contributed by atoms with E-state index in [-0.39, 0.29) is 5.57 Å². The molecule has 0 saturated carbocycles. The van der Waals surface area contributed by atoms with E-state index in [1.807, 2.05) is 12.1 Å². The summed E-state index contributed by atoms with van der Waals surface area (Å²) >= 11 is 0. The minimum atomic E-state index is 0.221. The molecule has 0 amide bonds. The van der Waals surface area contributed by atoms with Crippen LogP contribution in [0.25, 0.3) is 0 Å². The van der Waals surface area contributed by atoms with Crippen LogP contribution in [0.15, 0.2) is 23.5 Å². The number of nitrogens with zero attached hydrogens (tertiary/aromatic N) is 1. The fourth-order valence-corrected chi connectivity index (χ4v) is 0.468. The first-order valence-corrected chi connectivity index (χ1v) is 2.99. The first-order valence-electron chi connectivity index (χ1n) is 2.99. The van der Waals surface area contributed by atoms with Crippen molar-refractivity contribution in [3.63, 3.8) is 0 Å². The summed E-state index contributed by atoms with van der Waals surface area (Å²) in [5.74, 6) is 0. The Bertz CT molecular complexity index is 247. The van der Waals surface area contributed by atoms with Gasteiger partial charge in [0.15, 0.2) is 5.57 Å². The molecule has 0 aromatic heterocycles. The van der Waals surface area contributed by atoms with Gasteiger partial charge >= 0.3 is 6.07 Å². The molecule has 0 aliphatic carbocycles. The monoisotopic (exact) mass is 149 g/mol. The van der Waals surface area contributed by atoms with Gasteiger partial charge in [0.05, 0.1) is 13.4 Å². The predicted octanol–water partition coefficient (Wildman–Crippen LogP) is -0.241. The number of allylic oxidation sites excluding steroid dienone is 3. The molecule has 0 spiro atoms. The van der Waals surface area contributed by atoms with Crippen LogP contribution in [0.5, 0.6) is 0 Å². The lowest BCUT2D eigenvalue weighted by Gasteiger charge is -1.87. The second-order valence-electron chi connectivity index (χ2n) is 1.83. The molecule has 0 saturated heterocycles. The Balaban J connectivity index is 4.56. The summed E-state index contributed by atoms with van der Waals surface area (Å²) in [5.41, 5.74) is 0.891. The van der Waals surface area contributed by atoms with Crippen molar-refractivity contribution in [2.45, 2.75) is 6.92 Å². The van der Waals surface area contributed by atoms with E-state index in [1.54, 1.807) is 13.0 Å². The minimum absolute atomic E-state index is 0.221. The first-order chi connectivity index (χ1) is 5.26. The number of rotatable bonds is 2. The molecule has 0 aromatic carbocycles. The lowest BCUT2D eigenvalue weighted by molar-refractivity contribution is -0.0909. The number of hydrogen-bond donors (Lipinski definition) is 1. The largest absolute Gasteiger partial charge is 0.504 e. The molecular formula is C8H9N2O+. The van der Waals surface area contributed by atoms with Gasteiger partial charge in [0.2, 0.25) is 0 Å². The lowest BCUT2D eigenvalue weighted by atomic mass is 10.2. The van der Waals surface area contributed by atoms with Crippen LogP contribution in [0.2, 0.25) is 0 Å². The molecule has 3 heteroatoms. The molecule has 3 nitrogen and oxygen atoms in total. The number of nitriles is 1. The average Bonchev–Trinajstić information content (AvgIpc) is 2.03. The highest BCUT2D eigenvalue weighted by Crippen LogP contribution is 2.01. The summed E-state index contributed by atoms with van der Waals surface area (Å²) in [7, 11) is 1.52. The molecule has 1 N–H and O–H groups in total. The molecule has 0 aliphatic heterocycles. The lowest BCUT2D eigenvalue weighted by Crippen LogP contribution is -2.17. The summed E-state index contributed by atoms with van der Waals surface area (Å²) in [6.07, 6.45) is 3.06. The van der Waals surface area contributed by atoms with Crippen LogP contribution in [0.3, 0.4) is 0 Å². The zero-order chi connectivity index (χ0) is 8.69. The van der Waals surface area contributed by atoms with Gasteiger partial charge in [0, 0.05) is 0 Å². The molecule has 0 aliphatic rings. The first kappa shape index (κ1) is 9.26. The number of ether oxygens (including phenoxy) is 1. The van der Waals surface area contributed by atoms with Crippen molar-refractivity contribution in [3.05, 3.63) is 23.5 Å². The van der Waals surface area contributed by atoms with Crippen molar-refractivity contribution in [2.24, 2.45) is 0 Å². The van der Waals surface area contributed by atoms with Gasteiger partial charge in [-0.25, -0.2) is 0 Å². The number of methoxy groups -OCH3 is 1. The van der Waals surface area contributed by atoms with Crippen LogP contribution in [0.4, 0.5) is 0 Å².